The Balaban J connectivity index is 1.95. The predicted octanol–water partition coefficient (Wildman–Crippen LogP) is 4.22. The van der Waals surface area contributed by atoms with E-state index in [0.29, 0.717) is 9.92 Å². The fourth-order valence-electron chi connectivity index (χ4n) is 3.53. The first kappa shape index (κ1) is 31.9. The van der Waals surface area contributed by atoms with E-state index in [0.717, 1.165) is 23.9 Å². The number of esters is 3. The van der Waals surface area contributed by atoms with Crippen LogP contribution >= 0.6 is 23.4 Å². The van der Waals surface area contributed by atoms with Gasteiger partial charge in [-0.15, -0.1) is 5.10 Å². The van der Waals surface area contributed by atoms with Crippen LogP contribution in [-0.4, -0.2) is 68.2 Å². The van der Waals surface area contributed by atoms with E-state index in [-0.39, 0.29) is 24.4 Å². The zero-order valence-electron chi connectivity index (χ0n) is 22.5. The summed E-state index contributed by atoms with van der Waals surface area (Å²) < 4.78 is 50.8. The lowest BCUT2D eigenvalue weighted by Gasteiger charge is -2.32. The summed E-state index contributed by atoms with van der Waals surface area (Å²) in [7, 11) is 0. The number of carbonyl (C=O) groups is 3. The maximum Gasteiger partial charge on any atom is 0.303 e. The standard InChI is InChI=1S/C26H27ClF2N4O7S/c1-14(38-16(3)35)25(13-37-15(2)34)40-26(41-20-8-19(27)9-30-10-20)24(39-17(4)36)12-33-11-23(31-32-33)18-5-6-21(28)22(29)7-18/h5-11,14,24-26H,12-13H2,1-4H3/t14-,24-,25?,26-/m1/s1. The van der Waals surface area contributed by atoms with Crippen LogP contribution in [0.2, 0.25) is 5.02 Å². The van der Waals surface area contributed by atoms with Gasteiger partial charge in [-0.05, 0) is 31.2 Å². The number of hydrogen-bond donors (Lipinski definition) is 0. The first-order chi connectivity index (χ1) is 19.4. The molecule has 3 rings (SSSR count). The Kier molecular flexibility index (Phi) is 11.6. The van der Waals surface area contributed by atoms with Crippen molar-refractivity contribution in [3.63, 3.8) is 0 Å². The largest absolute Gasteiger partial charge is 0.463 e. The van der Waals surface area contributed by atoms with Gasteiger partial charge in [0.1, 0.15) is 29.9 Å². The van der Waals surface area contributed by atoms with Crippen molar-refractivity contribution in [3.8, 4) is 11.3 Å². The molecule has 2 heterocycles. The van der Waals surface area contributed by atoms with E-state index in [4.69, 9.17) is 30.5 Å². The second-order valence-corrected chi connectivity index (χ2v) is 10.3. The first-order valence-electron chi connectivity index (χ1n) is 12.2. The van der Waals surface area contributed by atoms with Crippen molar-refractivity contribution in [1.82, 2.24) is 20.0 Å². The number of nitrogens with zero attached hydrogens (tertiary/aromatic N) is 4. The molecule has 0 spiro atoms. The van der Waals surface area contributed by atoms with E-state index < -0.39 is 53.3 Å². The third kappa shape index (κ3) is 10.1. The zero-order valence-corrected chi connectivity index (χ0v) is 24.0. The summed E-state index contributed by atoms with van der Waals surface area (Å²) in [6.45, 7) is 4.84. The van der Waals surface area contributed by atoms with Gasteiger partial charge in [-0.3, -0.25) is 19.4 Å². The summed E-state index contributed by atoms with van der Waals surface area (Å²) in [6.07, 6.45) is 1.54. The Morgan fingerprint density at radius 3 is 2.37 bits per heavy atom. The number of hydrogen-bond acceptors (Lipinski definition) is 11. The summed E-state index contributed by atoms with van der Waals surface area (Å²) in [5, 5.41) is 8.38. The Morgan fingerprint density at radius 1 is 1.00 bits per heavy atom. The van der Waals surface area contributed by atoms with E-state index in [9.17, 15) is 23.2 Å². The highest BCUT2D eigenvalue weighted by Crippen LogP contribution is 2.31. The van der Waals surface area contributed by atoms with Crippen LogP contribution in [0, 0.1) is 11.6 Å². The molecule has 0 bridgehead atoms. The van der Waals surface area contributed by atoms with E-state index in [1.165, 1.54) is 50.1 Å². The first-order valence-corrected chi connectivity index (χ1v) is 13.4. The molecular weight excluding hydrogens is 586 g/mol. The lowest BCUT2D eigenvalue weighted by molar-refractivity contribution is -0.170. The van der Waals surface area contributed by atoms with E-state index in [1.807, 2.05) is 0 Å². The molecule has 0 saturated heterocycles. The average Bonchev–Trinajstić information content (AvgIpc) is 3.34. The molecular formula is C26H27ClF2N4O7S. The fraction of sp³-hybridized carbons (Fsp3) is 0.385. The normalized spacial score (nSPS) is 14.0. The van der Waals surface area contributed by atoms with Crippen LogP contribution in [0.3, 0.4) is 0 Å². The van der Waals surface area contributed by atoms with Gasteiger partial charge in [0, 0.05) is 43.6 Å². The maximum absolute atomic E-state index is 13.8. The Hall–Kier alpha value is -3.62. The van der Waals surface area contributed by atoms with Crippen LogP contribution < -0.4 is 0 Å². The molecule has 0 aliphatic rings. The molecule has 0 aliphatic heterocycles. The molecule has 0 saturated carbocycles. The third-order valence-electron chi connectivity index (χ3n) is 5.31. The summed E-state index contributed by atoms with van der Waals surface area (Å²) in [4.78, 5) is 39.9. The summed E-state index contributed by atoms with van der Waals surface area (Å²) >= 11 is 7.21. The lowest BCUT2D eigenvalue weighted by Crippen LogP contribution is -2.43. The minimum atomic E-state index is -1.05. The molecule has 1 unspecified atom stereocenters. The number of ether oxygens (including phenoxy) is 4. The molecule has 0 amide bonds. The van der Waals surface area contributed by atoms with Gasteiger partial charge in [0.25, 0.3) is 0 Å². The molecule has 41 heavy (non-hydrogen) atoms. The fourth-order valence-corrected chi connectivity index (χ4v) is 4.84. The van der Waals surface area contributed by atoms with Crippen molar-refractivity contribution in [2.75, 3.05) is 6.61 Å². The van der Waals surface area contributed by atoms with Crippen LogP contribution in [0.5, 0.6) is 0 Å². The smallest absolute Gasteiger partial charge is 0.303 e. The van der Waals surface area contributed by atoms with Crippen molar-refractivity contribution >= 4 is 41.3 Å². The monoisotopic (exact) mass is 612 g/mol. The highest BCUT2D eigenvalue weighted by molar-refractivity contribution is 7.99. The molecule has 220 valence electrons. The van der Waals surface area contributed by atoms with Gasteiger partial charge < -0.3 is 18.9 Å². The SMILES string of the molecule is CC(=O)OCC(O[C@H](Sc1cncc(Cl)c1)[C@@H](Cn1cc(-c2ccc(F)c(F)c2)nn1)OC(C)=O)[C@@H](C)OC(C)=O. The number of rotatable bonds is 13. The van der Waals surface area contributed by atoms with Crippen LogP contribution in [0.1, 0.15) is 27.7 Å². The van der Waals surface area contributed by atoms with Crippen molar-refractivity contribution in [2.45, 2.75) is 62.9 Å². The summed E-state index contributed by atoms with van der Waals surface area (Å²) in [5.41, 5.74) is -0.484. The van der Waals surface area contributed by atoms with Gasteiger partial charge in [-0.25, -0.2) is 13.5 Å². The second kappa shape index (κ2) is 14.8. The van der Waals surface area contributed by atoms with Gasteiger partial charge >= 0.3 is 17.9 Å². The van der Waals surface area contributed by atoms with Gasteiger partial charge in [0.15, 0.2) is 17.7 Å². The van der Waals surface area contributed by atoms with Crippen molar-refractivity contribution < 1.29 is 42.1 Å². The van der Waals surface area contributed by atoms with E-state index in [2.05, 4.69) is 15.3 Å². The topological polar surface area (TPSA) is 132 Å². The van der Waals surface area contributed by atoms with E-state index in [1.54, 1.807) is 13.0 Å². The predicted molar refractivity (Wildman–Crippen MR) is 143 cm³/mol. The number of benzene rings is 1. The average molecular weight is 613 g/mol. The Morgan fingerprint density at radius 2 is 1.73 bits per heavy atom. The summed E-state index contributed by atoms with van der Waals surface area (Å²) in [5.74, 6) is -3.86. The maximum atomic E-state index is 13.8. The highest BCUT2D eigenvalue weighted by atomic mass is 35.5. The van der Waals surface area contributed by atoms with Gasteiger partial charge in [0.2, 0.25) is 0 Å². The zero-order chi connectivity index (χ0) is 30.1. The number of aromatic nitrogens is 4. The second-order valence-electron chi connectivity index (χ2n) is 8.72. The molecule has 0 N–H and O–H groups in total. The van der Waals surface area contributed by atoms with Crippen molar-refractivity contribution in [3.05, 3.63) is 59.5 Å². The molecule has 0 fully saturated rings. The number of halogens is 3. The van der Waals surface area contributed by atoms with Gasteiger partial charge in [-0.1, -0.05) is 28.6 Å². The van der Waals surface area contributed by atoms with Crippen LogP contribution in [0.15, 0.2) is 47.8 Å². The molecule has 15 heteroatoms. The minimum Gasteiger partial charge on any atom is -0.463 e. The minimum absolute atomic E-state index is 0.0931. The third-order valence-corrected chi connectivity index (χ3v) is 6.66. The molecule has 1 aromatic carbocycles. The number of thioether (sulfide) groups is 1. The number of pyridine rings is 1. The Labute approximate surface area is 243 Å². The molecule has 4 atom stereocenters. The van der Waals surface area contributed by atoms with E-state index >= 15 is 0 Å². The van der Waals surface area contributed by atoms with Crippen LogP contribution in [0.25, 0.3) is 11.3 Å². The number of carbonyl (C=O) groups excluding carboxylic acids is 3. The molecule has 0 radical (unpaired) electrons. The Bertz CT molecular complexity index is 1380. The molecule has 3 aromatic rings. The van der Waals surface area contributed by atoms with Crippen LogP contribution in [0.4, 0.5) is 8.78 Å². The molecule has 2 aromatic heterocycles. The van der Waals surface area contributed by atoms with Crippen LogP contribution in [-0.2, 0) is 39.9 Å². The van der Waals surface area contributed by atoms with Crippen molar-refractivity contribution in [1.29, 1.82) is 0 Å². The molecule has 0 aliphatic carbocycles. The highest BCUT2D eigenvalue weighted by Gasteiger charge is 2.34. The summed E-state index contributed by atoms with van der Waals surface area (Å²) in [6, 6.07) is 4.92. The molecule has 11 nitrogen and oxygen atoms in total. The van der Waals surface area contributed by atoms with Crippen molar-refractivity contribution in [2.24, 2.45) is 0 Å². The quantitative estimate of drug-likeness (QED) is 0.119. The van der Waals surface area contributed by atoms with Gasteiger partial charge in [-0.2, -0.15) is 0 Å². The lowest BCUT2D eigenvalue weighted by atomic mass is 10.1. The van der Waals surface area contributed by atoms with Gasteiger partial charge in [0.05, 0.1) is 17.8 Å².